The van der Waals surface area contributed by atoms with Crippen molar-refractivity contribution in [2.75, 3.05) is 4.90 Å². The quantitative estimate of drug-likeness (QED) is 0.870. The van der Waals surface area contributed by atoms with Crippen LogP contribution in [0.5, 0.6) is 0 Å². The number of nitrogens with zero attached hydrogens (tertiary/aromatic N) is 1. The zero-order valence-corrected chi connectivity index (χ0v) is 12.7. The number of amides is 1. The highest BCUT2D eigenvalue weighted by Gasteiger charge is 2.42. The minimum absolute atomic E-state index is 0.317. The Kier molecular flexibility index (Phi) is 4.05. The molecule has 1 heterocycles. The molecule has 0 fully saturated rings. The van der Waals surface area contributed by atoms with Crippen LogP contribution in [0, 0.1) is 5.41 Å². The van der Waals surface area contributed by atoms with Gasteiger partial charge in [0.25, 0.3) is 0 Å². The highest BCUT2D eigenvalue weighted by molar-refractivity contribution is 6.03. The van der Waals surface area contributed by atoms with E-state index in [0.29, 0.717) is 18.5 Å². The van der Waals surface area contributed by atoms with Crippen molar-refractivity contribution in [3.8, 4) is 0 Å². The van der Waals surface area contributed by atoms with Gasteiger partial charge in [-0.2, -0.15) is 0 Å². The number of nitrogens with two attached hydrogens (primary N) is 1. The number of carbonyl (C=O) groups is 2. The average molecular weight is 290 g/mol. The van der Waals surface area contributed by atoms with Crippen LogP contribution in [0.1, 0.15) is 32.8 Å². The Labute approximate surface area is 124 Å². The monoisotopic (exact) mass is 290 g/mol. The number of hydrogen-bond acceptors (Lipinski definition) is 3. The van der Waals surface area contributed by atoms with Crippen LogP contribution in [-0.2, 0) is 16.0 Å². The third-order valence-electron chi connectivity index (χ3n) is 3.84. The van der Waals surface area contributed by atoms with E-state index in [2.05, 4.69) is 0 Å². The van der Waals surface area contributed by atoms with E-state index in [9.17, 15) is 14.7 Å². The van der Waals surface area contributed by atoms with E-state index in [4.69, 9.17) is 5.73 Å². The van der Waals surface area contributed by atoms with Gasteiger partial charge in [0.15, 0.2) is 0 Å². The highest BCUT2D eigenvalue weighted by Crippen LogP contribution is 2.34. The second-order valence-electron chi connectivity index (χ2n) is 6.59. The summed E-state index contributed by atoms with van der Waals surface area (Å²) >= 11 is 0. The molecule has 0 radical (unpaired) electrons. The molecule has 0 saturated heterocycles. The average Bonchev–Trinajstić information content (AvgIpc) is 2.50. The Bertz CT molecular complexity index is 563. The number of aliphatic carboxylic acids is 1. The van der Waals surface area contributed by atoms with E-state index in [1.54, 1.807) is 6.07 Å². The van der Waals surface area contributed by atoms with Crippen molar-refractivity contribution in [1.29, 1.82) is 0 Å². The molecule has 0 aromatic heterocycles. The van der Waals surface area contributed by atoms with Crippen LogP contribution < -0.4 is 10.6 Å². The molecule has 0 saturated carbocycles. The van der Waals surface area contributed by atoms with Gasteiger partial charge in [-0.05, 0) is 29.9 Å². The van der Waals surface area contributed by atoms with E-state index in [0.717, 1.165) is 5.56 Å². The first kappa shape index (κ1) is 15.5. The molecular formula is C16H22N2O3. The summed E-state index contributed by atoms with van der Waals surface area (Å²) in [5.41, 5.74) is 6.98. The van der Waals surface area contributed by atoms with Crippen molar-refractivity contribution in [3.05, 3.63) is 29.8 Å². The third-order valence-corrected chi connectivity index (χ3v) is 3.84. The SMILES string of the molecule is CC(C)(C)C(C(=O)O)N1C(=O)[C@H](N)CCc2ccccc21. The molecule has 1 aromatic carbocycles. The lowest BCUT2D eigenvalue weighted by molar-refractivity contribution is -0.143. The van der Waals surface area contributed by atoms with E-state index in [1.807, 2.05) is 39.0 Å². The highest BCUT2D eigenvalue weighted by atomic mass is 16.4. The first-order valence-electron chi connectivity index (χ1n) is 7.13. The minimum Gasteiger partial charge on any atom is -0.480 e. The Hall–Kier alpha value is -1.88. The Balaban J connectivity index is 2.61. The second kappa shape index (κ2) is 5.48. The van der Waals surface area contributed by atoms with Crippen LogP contribution >= 0.6 is 0 Å². The summed E-state index contributed by atoms with van der Waals surface area (Å²) < 4.78 is 0. The molecule has 1 unspecified atom stereocenters. The molecule has 0 spiro atoms. The zero-order chi connectivity index (χ0) is 15.8. The number of rotatable bonds is 2. The van der Waals surface area contributed by atoms with Gasteiger partial charge in [0.05, 0.1) is 6.04 Å². The van der Waals surface area contributed by atoms with Gasteiger partial charge in [-0.3, -0.25) is 9.69 Å². The summed E-state index contributed by atoms with van der Waals surface area (Å²) in [5, 5.41) is 9.65. The lowest BCUT2D eigenvalue weighted by atomic mass is 9.85. The van der Waals surface area contributed by atoms with Crippen molar-refractivity contribution in [1.82, 2.24) is 0 Å². The van der Waals surface area contributed by atoms with Gasteiger partial charge in [0.2, 0.25) is 5.91 Å². The van der Waals surface area contributed by atoms with Gasteiger partial charge in [0.1, 0.15) is 6.04 Å². The van der Waals surface area contributed by atoms with Crippen molar-refractivity contribution in [2.45, 2.75) is 45.7 Å². The van der Waals surface area contributed by atoms with Crippen LogP contribution in [0.25, 0.3) is 0 Å². The van der Waals surface area contributed by atoms with E-state index < -0.39 is 23.5 Å². The summed E-state index contributed by atoms with van der Waals surface area (Å²) in [6, 6.07) is 5.82. The fourth-order valence-electron chi connectivity index (χ4n) is 2.82. The van der Waals surface area contributed by atoms with Crippen LogP contribution in [0.15, 0.2) is 24.3 Å². The minimum atomic E-state index is -1.01. The van der Waals surface area contributed by atoms with Crippen molar-refractivity contribution < 1.29 is 14.7 Å². The van der Waals surface area contributed by atoms with Gasteiger partial charge in [-0.15, -0.1) is 0 Å². The Morgan fingerprint density at radius 1 is 1.38 bits per heavy atom. The van der Waals surface area contributed by atoms with Gasteiger partial charge in [-0.25, -0.2) is 4.79 Å². The summed E-state index contributed by atoms with van der Waals surface area (Å²) in [6.45, 7) is 5.45. The maximum Gasteiger partial charge on any atom is 0.327 e. The third kappa shape index (κ3) is 2.93. The molecule has 1 aliphatic heterocycles. The molecule has 2 rings (SSSR count). The summed E-state index contributed by atoms with van der Waals surface area (Å²) in [4.78, 5) is 25.8. The number of benzene rings is 1. The van der Waals surface area contributed by atoms with Gasteiger partial charge in [0, 0.05) is 5.69 Å². The molecule has 114 valence electrons. The Morgan fingerprint density at radius 3 is 2.57 bits per heavy atom. The number of aryl methyl sites for hydroxylation is 1. The van der Waals surface area contributed by atoms with Gasteiger partial charge < -0.3 is 10.8 Å². The van der Waals surface area contributed by atoms with Crippen molar-refractivity contribution in [2.24, 2.45) is 11.1 Å². The predicted octanol–water partition coefficient (Wildman–Crippen LogP) is 1.79. The fraction of sp³-hybridized carbons (Fsp3) is 0.500. The second-order valence-corrected chi connectivity index (χ2v) is 6.59. The normalized spacial score (nSPS) is 20.7. The zero-order valence-electron chi connectivity index (χ0n) is 12.7. The molecule has 0 aliphatic carbocycles. The van der Waals surface area contributed by atoms with E-state index in [1.165, 1.54) is 4.90 Å². The maximum atomic E-state index is 12.6. The number of carboxylic acid groups (broad SMARTS) is 1. The molecule has 1 aliphatic rings. The van der Waals surface area contributed by atoms with Gasteiger partial charge in [-0.1, -0.05) is 39.0 Å². The Morgan fingerprint density at radius 2 is 2.00 bits per heavy atom. The van der Waals surface area contributed by atoms with Crippen LogP contribution in [0.3, 0.4) is 0 Å². The number of para-hydroxylation sites is 1. The molecule has 1 amide bonds. The van der Waals surface area contributed by atoms with Crippen LogP contribution in [0.4, 0.5) is 5.69 Å². The fourth-order valence-corrected chi connectivity index (χ4v) is 2.82. The first-order valence-corrected chi connectivity index (χ1v) is 7.13. The summed E-state index contributed by atoms with van der Waals surface area (Å²) in [5.74, 6) is -1.33. The van der Waals surface area contributed by atoms with Crippen molar-refractivity contribution in [3.63, 3.8) is 0 Å². The van der Waals surface area contributed by atoms with E-state index >= 15 is 0 Å². The van der Waals surface area contributed by atoms with Crippen LogP contribution in [0.2, 0.25) is 0 Å². The molecule has 3 N–H and O–H groups in total. The maximum absolute atomic E-state index is 12.6. The molecule has 21 heavy (non-hydrogen) atoms. The number of hydrogen-bond donors (Lipinski definition) is 2. The number of fused-ring (bicyclic) bond motifs is 1. The lowest BCUT2D eigenvalue weighted by Gasteiger charge is -2.38. The first-order chi connectivity index (χ1) is 9.73. The topological polar surface area (TPSA) is 83.6 Å². The van der Waals surface area contributed by atoms with Crippen molar-refractivity contribution >= 4 is 17.6 Å². The number of carboxylic acids is 1. The number of carbonyl (C=O) groups excluding carboxylic acids is 1. The summed E-state index contributed by atoms with van der Waals surface area (Å²) in [7, 11) is 0. The smallest absolute Gasteiger partial charge is 0.327 e. The predicted molar refractivity (Wildman–Crippen MR) is 81.1 cm³/mol. The van der Waals surface area contributed by atoms with Gasteiger partial charge >= 0.3 is 5.97 Å². The van der Waals surface area contributed by atoms with Crippen LogP contribution in [-0.4, -0.2) is 29.1 Å². The van der Waals surface area contributed by atoms with E-state index in [-0.39, 0.29) is 5.91 Å². The number of anilines is 1. The summed E-state index contributed by atoms with van der Waals surface area (Å²) in [6.07, 6.45) is 1.21. The molecule has 5 heteroatoms. The molecule has 2 atom stereocenters. The molecular weight excluding hydrogens is 268 g/mol. The lowest BCUT2D eigenvalue weighted by Crippen LogP contribution is -2.56. The largest absolute Gasteiger partial charge is 0.480 e. The molecule has 1 aromatic rings. The standard InChI is InChI=1S/C16H22N2O3/c1-16(2,3)13(15(20)21)18-12-7-5-4-6-10(12)8-9-11(17)14(18)19/h4-7,11,13H,8-9,17H2,1-3H3,(H,20,21)/t11-,13?/m1/s1. The molecule has 0 bridgehead atoms. The molecule has 5 nitrogen and oxygen atoms in total.